The molecular weight excluding hydrogens is 520 g/mol. The largest absolute Gasteiger partial charge is 0.396 e. The highest BCUT2D eigenvalue weighted by molar-refractivity contribution is 6.05. The Morgan fingerprint density at radius 1 is 1.05 bits per heavy atom. The normalized spacial score (nSPS) is 28.0. The van der Waals surface area contributed by atoms with Crippen molar-refractivity contribution in [3.8, 4) is 0 Å². The van der Waals surface area contributed by atoms with Gasteiger partial charge in [0.25, 0.3) is 5.91 Å². The lowest BCUT2D eigenvalue weighted by atomic mass is 9.64. The summed E-state index contributed by atoms with van der Waals surface area (Å²) in [7, 11) is 1.71. The van der Waals surface area contributed by atoms with Gasteiger partial charge >= 0.3 is 0 Å². The third kappa shape index (κ3) is 4.97. The smallest absolute Gasteiger partial charge is 0.253 e. The van der Waals surface area contributed by atoms with E-state index in [1.54, 1.807) is 33.9 Å². The van der Waals surface area contributed by atoms with Crippen LogP contribution in [0.2, 0.25) is 0 Å². The third-order valence-electron chi connectivity index (χ3n) is 9.38. The van der Waals surface area contributed by atoms with E-state index in [0.29, 0.717) is 37.9 Å². The summed E-state index contributed by atoms with van der Waals surface area (Å²) in [5.41, 5.74) is -0.147. The van der Waals surface area contributed by atoms with Gasteiger partial charge in [-0.05, 0) is 63.8 Å². The minimum Gasteiger partial charge on any atom is -0.396 e. The number of hydrogen-bond donors (Lipinski definition) is 1. The number of amides is 3. The number of likely N-dealkylation sites (tertiary alicyclic amines) is 1. The quantitative estimate of drug-likeness (QED) is 0.348. The second-order valence-electron chi connectivity index (χ2n) is 11.4. The van der Waals surface area contributed by atoms with Crippen LogP contribution in [-0.4, -0.2) is 96.3 Å². The molecule has 9 nitrogen and oxygen atoms in total. The molecule has 1 aromatic rings. The van der Waals surface area contributed by atoms with Gasteiger partial charge in [-0.25, -0.2) is 0 Å². The highest BCUT2D eigenvalue weighted by Crippen LogP contribution is 2.64. The number of hydrogen-bond acceptors (Lipinski definition) is 6. The van der Waals surface area contributed by atoms with E-state index in [1.165, 1.54) is 0 Å². The summed E-state index contributed by atoms with van der Waals surface area (Å²) in [6.07, 6.45) is 5.35. The van der Waals surface area contributed by atoms with Crippen LogP contribution in [0.1, 0.15) is 46.5 Å². The molecule has 1 aromatic carbocycles. The topological polar surface area (TPSA) is 93.6 Å². The van der Waals surface area contributed by atoms with Gasteiger partial charge in [0.1, 0.15) is 11.6 Å². The molecule has 3 amide bonds. The summed E-state index contributed by atoms with van der Waals surface area (Å²) in [5.74, 6) is -2.10. The van der Waals surface area contributed by atoms with Crippen LogP contribution in [0.15, 0.2) is 49.6 Å². The summed E-state index contributed by atoms with van der Waals surface area (Å²) in [6, 6.07) is 6.95. The molecule has 1 N–H and O–H groups in total. The molecule has 4 rings (SSSR count). The number of ether oxygens (including phenoxy) is 1. The Morgan fingerprint density at radius 3 is 2.24 bits per heavy atom. The number of carbonyl (C=O) groups excluding carboxylic acids is 3. The van der Waals surface area contributed by atoms with Crippen LogP contribution in [0.5, 0.6) is 0 Å². The highest BCUT2D eigenvalue weighted by atomic mass is 16.5. The van der Waals surface area contributed by atoms with Gasteiger partial charge in [-0.3, -0.25) is 14.4 Å². The third-order valence-corrected chi connectivity index (χ3v) is 9.38. The van der Waals surface area contributed by atoms with Gasteiger partial charge in [-0.2, -0.15) is 0 Å². The monoisotopic (exact) mass is 566 g/mol. The molecule has 3 aliphatic rings. The molecule has 9 heteroatoms. The van der Waals surface area contributed by atoms with Gasteiger partial charge in [0.05, 0.1) is 17.4 Å². The molecule has 0 aliphatic carbocycles. The number of likely N-dealkylation sites (N-methyl/N-ethyl adjacent to an activating group) is 1. The van der Waals surface area contributed by atoms with Crippen LogP contribution in [0.3, 0.4) is 0 Å². The number of aliphatic hydroxyl groups is 1. The second-order valence-corrected chi connectivity index (χ2v) is 11.4. The predicted octanol–water partition coefficient (Wildman–Crippen LogP) is 3.23. The Morgan fingerprint density at radius 2 is 1.68 bits per heavy atom. The molecule has 2 bridgehead atoms. The Hall–Kier alpha value is -3.17. The summed E-state index contributed by atoms with van der Waals surface area (Å²) in [4.78, 5) is 49.8. The van der Waals surface area contributed by atoms with E-state index in [1.807, 2.05) is 31.2 Å². The molecule has 0 saturated carbocycles. The van der Waals surface area contributed by atoms with E-state index in [4.69, 9.17) is 4.74 Å². The van der Waals surface area contributed by atoms with E-state index in [0.717, 1.165) is 18.8 Å². The van der Waals surface area contributed by atoms with E-state index in [9.17, 15) is 19.5 Å². The van der Waals surface area contributed by atoms with E-state index >= 15 is 0 Å². The molecular formula is C32H46N4O5. The van der Waals surface area contributed by atoms with Gasteiger partial charge in [0.15, 0.2) is 0 Å². The van der Waals surface area contributed by atoms with Gasteiger partial charge in [-0.15, -0.1) is 13.2 Å². The number of fused-ring (bicyclic) bond motifs is 1. The first-order chi connectivity index (χ1) is 19.7. The Balaban J connectivity index is 1.77. The average Bonchev–Trinajstić information content (AvgIpc) is 3.58. The lowest BCUT2D eigenvalue weighted by Gasteiger charge is -2.37. The Bertz CT molecular complexity index is 1150. The van der Waals surface area contributed by atoms with Crippen molar-refractivity contribution in [3.05, 3.63) is 49.6 Å². The van der Waals surface area contributed by atoms with Gasteiger partial charge in [0.2, 0.25) is 11.8 Å². The SMILES string of the molecule is C=CCN(C)C(=O)[C@@H]1[C@H]2C(=O)N(CCCO)C(C(=O)N(CC=C)c3ccc(N(CC)CC)cc3)C23CC[C@@]1(CC)O3. The van der Waals surface area contributed by atoms with Crippen molar-refractivity contribution in [2.24, 2.45) is 11.8 Å². The number of carbonyl (C=O) groups is 3. The number of aliphatic hydroxyl groups excluding tert-OH is 1. The molecule has 2 unspecified atom stereocenters. The Labute approximate surface area is 244 Å². The minimum absolute atomic E-state index is 0.115. The second kappa shape index (κ2) is 12.4. The van der Waals surface area contributed by atoms with Crippen LogP contribution in [-0.2, 0) is 19.1 Å². The van der Waals surface area contributed by atoms with Crippen molar-refractivity contribution >= 4 is 29.1 Å². The fourth-order valence-electron chi connectivity index (χ4n) is 7.41. The molecule has 3 fully saturated rings. The maximum Gasteiger partial charge on any atom is 0.253 e. The van der Waals surface area contributed by atoms with E-state index in [2.05, 4.69) is 31.9 Å². The van der Waals surface area contributed by atoms with Crippen molar-refractivity contribution < 1.29 is 24.2 Å². The zero-order valence-corrected chi connectivity index (χ0v) is 25.1. The minimum atomic E-state index is -1.12. The molecule has 3 heterocycles. The van der Waals surface area contributed by atoms with Gasteiger partial charge in [-0.1, -0.05) is 19.1 Å². The molecule has 5 atom stereocenters. The lowest BCUT2D eigenvalue weighted by molar-refractivity contribution is -0.150. The Kier molecular flexibility index (Phi) is 9.29. The number of rotatable bonds is 14. The van der Waals surface area contributed by atoms with Crippen LogP contribution >= 0.6 is 0 Å². The first-order valence-corrected chi connectivity index (χ1v) is 14.9. The zero-order chi connectivity index (χ0) is 29.9. The van der Waals surface area contributed by atoms with Crippen LogP contribution < -0.4 is 9.80 Å². The highest BCUT2D eigenvalue weighted by Gasteiger charge is 2.78. The summed E-state index contributed by atoms with van der Waals surface area (Å²) < 4.78 is 6.86. The maximum absolute atomic E-state index is 14.6. The maximum atomic E-state index is 14.6. The molecule has 1 spiro atoms. The van der Waals surface area contributed by atoms with E-state index < -0.39 is 29.1 Å². The standard InChI is InChI=1S/C32H46N4O5/c1-7-19-33(6)28(38)25-26-29(39)36(21-12-22-37)27(32(26)18-17-31(25,9-3)41-32)30(40)35(20-8-2)24-15-13-23(14-16-24)34(10-4)11-5/h7-8,13-16,25-27,37H,1-2,9-12,17-22H2,3-6H3/t25-,26-,27?,31+,32?/m0/s1. The van der Waals surface area contributed by atoms with E-state index in [-0.39, 0.29) is 37.4 Å². The summed E-state index contributed by atoms with van der Waals surface area (Å²) in [6.45, 7) is 16.3. The van der Waals surface area contributed by atoms with Crippen LogP contribution in [0.25, 0.3) is 0 Å². The molecule has 41 heavy (non-hydrogen) atoms. The average molecular weight is 567 g/mol. The lowest BCUT2D eigenvalue weighted by Crippen LogP contribution is -2.56. The fourth-order valence-corrected chi connectivity index (χ4v) is 7.41. The van der Waals surface area contributed by atoms with Crippen molar-refractivity contribution in [3.63, 3.8) is 0 Å². The molecule has 3 aliphatic heterocycles. The summed E-state index contributed by atoms with van der Waals surface area (Å²) >= 11 is 0. The summed E-state index contributed by atoms with van der Waals surface area (Å²) in [5, 5.41) is 9.65. The van der Waals surface area contributed by atoms with Crippen LogP contribution in [0.4, 0.5) is 11.4 Å². The number of anilines is 2. The molecule has 0 radical (unpaired) electrons. The first-order valence-electron chi connectivity index (χ1n) is 14.9. The van der Waals surface area contributed by atoms with Crippen molar-refractivity contribution in [1.82, 2.24) is 9.80 Å². The number of nitrogens with zero attached hydrogens (tertiary/aromatic N) is 4. The van der Waals surface area contributed by atoms with Gasteiger partial charge < -0.3 is 29.4 Å². The molecule has 3 saturated heterocycles. The first kappa shape index (κ1) is 30.8. The predicted molar refractivity (Wildman–Crippen MR) is 161 cm³/mol. The van der Waals surface area contributed by atoms with Crippen LogP contribution in [0, 0.1) is 11.8 Å². The van der Waals surface area contributed by atoms with Gasteiger partial charge in [0, 0.05) is 57.8 Å². The zero-order valence-electron chi connectivity index (χ0n) is 25.1. The van der Waals surface area contributed by atoms with Crippen molar-refractivity contribution in [2.45, 2.75) is 63.7 Å². The molecule has 0 aromatic heterocycles. The van der Waals surface area contributed by atoms with Crippen molar-refractivity contribution in [2.75, 3.05) is 56.2 Å². The number of benzene rings is 1. The molecule has 224 valence electrons. The van der Waals surface area contributed by atoms with Crippen molar-refractivity contribution in [1.29, 1.82) is 0 Å². The fraction of sp³-hybridized carbons (Fsp3) is 0.594.